The Bertz CT molecular complexity index is 597. The molecule has 0 saturated carbocycles. The van der Waals surface area contributed by atoms with Crippen molar-refractivity contribution in [2.24, 2.45) is 0 Å². The van der Waals surface area contributed by atoms with E-state index in [4.69, 9.17) is 0 Å². The van der Waals surface area contributed by atoms with Gasteiger partial charge in [0.05, 0.1) is 5.25 Å². The molecule has 1 aromatic heterocycles. The van der Waals surface area contributed by atoms with Gasteiger partial charge in [0.25, 0.3) is 0 Å². The van der Waals surface area contributed by atoms with Gasteiger partial charge in [-0.1, -0.05) is 52.9 Å². The van der Waals surface area contributed by atoms with Crippen LogP contribution in [0.15, 0.2) is 28.6 Å². The number of aryl methyl sites for hydroxylation is 1. The average molecular weight is 322 g/mol. The van der Waals surface area contributed by atoms with E-state index < -0.39 is 0 Å². The molecule has 0 bridgehead atoms. The van der Waals surface area contributed by atoms with Gasteiger partial charge < -0.3 is 10.6 Å². The fourth-order valence-electron chi connectivity index (χ4n) is 1.60. The molecule has 0 aliphatic carbocycles. The summed E-state index contributed by atoms with van der Waals surface area (Å²) in [4.78, 5) is 12.1. The first kappa shape index (κ1) is 15.8. The highest BCUT2D eigenvalue weighted by Gasteiger charge is 2.16. The van der Waals surface area contributed by atoms with Gasteiger partial charge in [0.15, 0.2) is 4.34 Å². The lowest BCUT2D eigenvalue weighted by atomic mass is 10.1. The number of carbonyl (C=O) groups excluding carboxylic acids is 1. The molecule has 1 amide bonds. The van der Waals surface area contributed by atoms with Crippen molar-refractivity contribution in [2.45, 2.75) is 30.0 Å². The molecule has 21 heavy (non-hydrogen) atoms. The second kappa shape index (κ2) is 7.42. The molecular formula is C14H18N4OS2. The van der Waals surface area contributed by atoms with Crippen LogP contribution in [0.4, 0.5) is 5.13 Å². The third-order valence-electron chi connectivity index (χ3n) is 2.85. The maximum Gasteiger partial charge on any atom is 0.233 e. The zero-order valence-corrected chi connectivity index (χ0v) is 13.8. The first-order valence-corrected chi connectivity index (χ1v) is 8.29. The lowest BCUT2D eigenvalue weighted by Crippen LogP contribution is -2.30. The first-order chi connectivity index (χ1) is 10.1. The third-order valence-corrected chi connectivity index (χ3v) is 4.98. The molecule has 112 valence electrons. The third kappa shape index (κ3) is 4.71. The number of nitrogens with one attached hydrogen (secondary N) is 2. The van der Waals surface area contributed by atoms with E-state index in [2.05, 4.69) is 20.8 Å². The Labute approximate surface area is 132 Å². The number of rotatable bonds is 6. The van der Waals surface area contributed by atoms with Crippen molar-refractivity contribution < 1.29 is 4.79 Å². The van der Waals surface area contributed by atoms with E-state index in [-0.39, 0.29) is 11.2 Å². The molecule has 2 aromatic rings. The summed E-state index contributed by atoms with van der Waals surface area (Å²) in [5, 5.41) is 14.4. The molecule has 0 radical (unpaired) electrons. The molecule has 0 aliphatic rings. The van der Waals surface area contributed by atoms with Gasteiger partial charge in [0.1, 0.15) is 0 Å². The molecule has 1 aromatic carbocycles. The number of benzene rings is 1. The van der Waals surface area contributed by atoms with Gasteiger partial charge >= 0.3 is 0 Å². The summed E-state index contributed by atoms with van der Waals surface area (Å²) >= 11 is 2.86. The summed E-state index contributed by atoms with van der Waals surface area (Å²) < 4.78 is 0.789. The van der Waals surface area contributed by atoms with Crippen LogP contribution in [-0.4, -0.2) is 28.4 Å². The van der Waals surface area contributed by atoms with Crippen LogP contribution >= 0.6 is 23.1 Å². The van der Waals surface area contributed by atoms with Crippen molar-refractivity contribution in [1.29, 1.82) is 0 Å². The number of amides is 1. The molecule has 0 unspecified atom stereocenters. The van der Waals surface area contributed by atoms with Crippen molar-refractivity contribution >= 4 is 34.1 Å². The molecule has 5 nitrogen and oxygen atoms in total. The fourth-order valence-corrected chi connectivity index (χ4v) is 3.48. The zero-order chi connectivity index (χ0) is 15.2. The highest BCUT2D eigenvalue weighted by molar-refractivity contribution is 8.02. The predicted molar refractivity (Wildman–Crippen MR) is 87.8 cm³/mol. The second-order valence-corrected chi connectivity index (χ2v) is 7.15. The van der Waals surface area contributed by atoms with Gasteiger partial charge in [-0.15, -0.1) is 10.2 Å². The van der Waals surface area contributed by atoms with Crippen LogP contribution in [0.1, 0.15) is 18.1 Å². The second-order valence-electron chi connectivity index (χ2n) is 4.59. The van der Waals surface area contributed by atoms with Crippen LogP contribution in [-0.2, 0) is 11.3 Å². The molecule has 2 rings (SSSR count). The molecule has 0 saturated heterocycles. The number of aromatic nitrogens is 2. The molecule has 0 aliphatic heterocycles. The number of hydrogen-bond acceptors (Lipinski definition) is 6. The minimum atomic E-state index is -0.201. The maximum atomic E-state index is 12.1. The lowest BCUT2D eigenvalue weighted by molar-refractivity contribution is -0.120. The highest BCUT2D eigenvalue weighted by Crippen LogP contribution is 2.28. The van der Waals surface area contributed by atoms with Crippen LogP contribution in [0.2, 0.25) is 0 Å². The van der Waals surface area contributed by atoms with Crippen molar-refractivity contribution in [2.75, 3.05) is 12.4 Å². The summed E-state index contributed by atoms with van der Waals surface area (Å²) in [6.07, 6.45) is 0. The maximum absolute atomic E-state index is 12.1. The average Bonchev–Trinajstić information content (AvgIpc) is 2.94. The van der Waals surface area contributed by atoms with Gasteiger partial charge in [0.2, 0.25) is 11.0 Å². The Morgan fingerprint density at radius 2 is 2.05 bits per heavy atom. The Morgan fingerprint density at radius 3 is 2.67 bits per heavy atom. The highest BCUT2D eigenvalue weighted by atomic mass is 32.2. The Kier molecular flexibility index (Phi) is 5.58. The number of anilines is 1. The van der Waals surface area contributed by atoms with E-state index in [9.17, 15) is 4.79 Å². The number of hydrogen-bond donors (Lipinski definition) is 2. The minimum absolute atomic E-state index is 0.00165. The molecule has 0 spiro atoms. The first-order valence-electron chi connectivity index (χ1n) is 6.59. The molecule has 1 heterocycles. The van der Waals surface area contributed by atoms with E-state index >= 15 is 0 Å². The van der Waals surface area contributed by atoms with Crippen LogP contribution in [0.3, 0.4) is 0 Å². The van der Waals surface area contributed by atoms with Gasteiger partial charge in [-0.05, 0) is 19.4 Å². The Balaban J connectivity index is 1.83. The molecule has 0 fully saturated rings. The van der Waals surface area contributed by atoms with Crippen molar-refractivity contribution in [3.63, 3.8) is 0 Å². The lowest BCUT2D eigenvalue weighted by Gasteiger charge is -2.10. The number of nitrogens with zero attached hydrogens (tertiary/aromatic N) is 2. The van der Waals surface area contributed by atoms with Gasteiger partial charge in [0, 0.05) is 13.6 Å². The van der Waals surface area contributed by atoms with Crippen LogP contribution < -0.4 is 10.6 Å². The normalized spacial score (nSPS) is 12.0. The van der Waals surface area contributed by atoms with Crippen LogP contribution in [0.5, 0.6) is 0 Å². The molecular weight excluding hydrogens is 304 g/mol. The summed E-state index contributed by atoms with van der Waals surface area (Å²) in [5.41, 5.74) is 2.31. The molecule has 1 atom stereocenters. The fraction of sp³-hybridized carbons (Fsp3) is 0.357. The number of carbonyl (C=O) groups is 1. The van der Waals surface area contributed by atoms with E-state index in [1.807, 2.05) is 38.1 Å². The standard InChI is InChI=1S/C14H18N4OS2/c1-9-4-6-11(7-5-9)8-16-12(19)10(2)20-14-18-17-13(15-3)21-14/h4-7,10H,8H2,1-3H3,(H,15,17)(H,16,19)/t10-/m0/s1. The molecule has 2 N–H and O–H groups in total. The van der Waals surface area contributed by atoms with E-state index in [0.717, 1.165) is 15.0 Å². The number of thioether (sulfide) groups is 1. The summed E-state index contributed by atoms with van der Waals surface area (Å²) in [6, 6.07) is 8.13. The summed E-state index contributed by atoms with van der Waals surface area (Å²) in [7, 11) is 1.80. The van der Waals surface area contributed by atoms with Crippen LogP contribution in [0.25, 0.3) is 0 Å². The SMILES string of the molecule is CNc1nnc(S[C@@H](C)C(=O)NCc2ccc(C)cc2)s1. The van der Waals surface area contributed by atoms with E-state index in [1.54, 1.807) is 7.05 Å². The topological polar surface area (TPSA) is 66.9 Å². The molecule has 7 heteroatoms. The van der Waals surface area contributed by atoms with Crippen molar-refractivity contribution in [3.05, 3.63) is 35.4 Å². The monoisotopic (exact) mass is 322 g/mol. The van der Waals surface area contributed by atoms with Gasteiger partial charge in [-0.25, -0.2) is 0 Å². The largest absolute Gasteiger partial charge is 0.363 e. The Hall–Kier alpha value is -1.60. The zero-order valence-electron chi connectivity index (χ0n) is 12.2. The summed E-state index contributed by atoms with van der Waals surface area (Å²) in [5.74, 6) is 0.00165. The summed E-state index contributed by atoms with van der Waals surface area (Å²) in [6.45, 7) is 4.46. The van der Waals surface area contributed by atoms with Crippen molar-refractivity contribution in [3.8, 4) is 0 Å². The smallest absolute Gasteiger partial charge is 0.233 e. The van der Waals surface area contributed by atoms with E-state index in [1.165, 1.54) is 28.7 Å². The predicted octanol–water partition coefficient (Wildman–Crippen LogP) is 2.69. The quantitative estimate of drug-likeness (QED) is 0.801. The van der Waals surface area contributed by atoms with Crippen LogP contribution in [0, 0.1) is 6.92 Å². The minimum Gasteiger partial charge on any atom is -0.363 e. The van der Waals surface area contributed by atoms with E-state index in [0.29, 0.717) is 6.54 Å². The van der Waals surface area contributed by atoms with Gasteiger partial charge in [-0.3, -0.25) is 4.79 Å². The van der Waals surface area contributed by atoms with Crippen molar-refractivity contribution in [1.82, 2.24) is 15.5 Å². The Morgan fingerprint density at radius 1 is 1.33 bits per heavy atom. The van der Waals surface area contributed by atoms with Gasteiger partial charge in [-0.2, -0.15) is 0 Å².